The summed E-state index contributed by atoms with van der Waals surface area (Å²) in [6.45, 7) is 2.91. The number of amides is 1. The molecule has 0 aromatic carbocycles. The highest BCUT2D eigenvalue weighted by Crippen LogP contribution is 2.47. The lowest BCUT2D eigenvalue weighted by atomic mass is 9.89. The van der Waals surface area contributed by atoms with Crippen molar-refractivity contribution < 1.29 is 4.79 Å². The Labute approximate surface area is 98.2 Å². The Morgan fingerprint density at radius 2 is 2.25 bits per heavy atom. The number of carbonyl (C=O) groups excluding carboxylic acids is 1. The molecule has 0 saturated heterocycles. The summed E-state index contributed by atoms with van der Waals surface area (Å²) in [6, 6.07) is 0.0278. The lowest BCUT2D eigenvalue weighted by Gasteiger charge is -2.22. The smallest absolute Gasteiger partial charge is 0.221 e. The third-order valence-corrected chi connectivity index (χ3v) is 4.42. The van der Waals surface area contributed by atoms with Crippen molar-refractivity contribution in [3.63, 3.8) is 0 Å². The molecule has 2 rings (SSSR count). The van der Waals surface area contributed by atoms with Crippen molar-refractivity contribution >= 4 is 5.91 Å². The topological polar surface area (TPSA) is 55.1 Å². The molecule has 2 saturated carbocycles. The van der Waals surface area contributed by atoms with Gasteiger partial charge in [-0.2, -0.15) is 0 Å². The van der Waals surface area contributed by atoms with Crippen LogP contribution in [0.2, 0.25) is 0 Å². The predicted octanol–water partition coefficient (Wildman–Crippen LogP) is 1.67. The van der Waals surface area contributed by atoms with Gasteiger partial charge in [-0.1, -0.05) is 13.3 Å². The molecule has 3 nitrogen and oxygen atoms in total. The van der Waals surface area contributed by atoms with Gasteiger partial charge in [-0.15, -0.1) is 0 Å². The van der Waals surface area contributed by atoms with Gasteiger partial charge in [0.25, 0.3) is 0 Å². The van der Waals surface area contributed by atoms with E-state index in [9.17, 15) is 4.79 Å². The maximum absolute atomic E-state index is 11.6. The van der Waals surface area contributed by atoms with Crippen molar-refractivity contribution in [3.05, 3.63) is 0 Å². The number of carbonyl (C=O) groups is 1. The van der Waals surface area contributed by atoms with E-state index in [1.54, 1.807) is 0 Å². The van der Waals surface area contributed by atoms with E-state index < -0.39 is 0 Å². The molecule has 1 amide bonds. The molecule has 16 heavy (non-hydrogen) atoms. The molecule has 0 heterocycles. The molecular weight excluding hydrogens is 200 g/mol. The summed E-state index contributed by atoms with van der Waals surface area (Å²) >= 11 is 0. The SMILES string of the molecule is CCC(N)CC(=O)NCC1CC2CCC1C2. The van der Waals surface area contributed by atoms with Gasteiger partial charge < -0.3 is 11.1 Å². The molecule has 2 bridgehead atoms. The number of nitrogens with one attached hydrogen (secondary N) is 1. The number of fused-ring (bicyclic) bond motifs is 2. The van der Waals surface area contributed by atoms with Gasteiger partial charge in [0, 0.05) is 19.0 Å². The van der Waals surface area contributed by atoms with E-state index in [1.807, 2.05) is 6.92 Å². The Hall–Kier alpha value is -0.570. The number of hydrogen-bond donors (Lipinski definition) is 2. The summed E-state index contributed by atoms with van der Waals surface area (Å²) in [7, 11) is 0. The summed E-state index contributed by atoms with van der Waals surface area (Å²) in [5, 5.41) is 3.06. The quantitative estimate of drug-likeness (QED) is 0.746. The van der Waals surface area contributed by atoms with Crippen LogP contribution in [0, 0.1) is 17.8 Å². The van der Waals surface area contributed by atoms with Crippen LogP contribution in [0.1, 0.15) is 45.4 Å². The van der Waals surface area contributed by atoms with Gasteiger partial charge in [-0.3, -0.25) is 4.79 Å². The molecule has 4 unspecified atom stereocenters. The first kappa shape index (κ1) is 11.9. The molecule has 2 aliphatic carbocycles. The molecule has 4 atom stereocenters. The van der Waals surface area contributed by atoms with Crippen molar-refractivity contribution in [1.82, 2.24) is 5.32 Å². The van der Waals surface area contributed by atoms with Gasteiger partial charge >= 0.3 is 0 Å². The van der Waals surface area contributed by atoms with Crippen LogP contribution in [0.5, 0.6) is 0 Å². The van der Waals surface area contributed by atoms with E-state index in [2.05, 4.69) is 5.32 Å². The lowest BCUT2D eigenvalue weighted by molar-refractivity contribution is -0.121. The van der Waals surface area contributed by atoms with Crippen LogP contribution in [0.15, 0.2) is 0 Å². The van der Waals surface area contributed by atoms with Crippen LogP contribution in [-0.4, -0.2) is 18.5 Å². The minimum atomic E-state index is 0.0278. The normalized spacial score (nSPS) is 34.0. The maximum Gasteiger partial charge on any atom is 0.221 e. The average molecular weight is 224 g/mol. The van der Waals surface area contributed by atoms with Crippen LogP contribution in [0.3, 0.4) is 0 Å². The molecule has 0 radical (unpaired) electrons. The Kier molecular flexibility index (Phi) is 3.85. The maximum atomic E-state index is 11.6. The van der Waals surface area contributed by atoms with Crippen molar-refractivity contribution in [3.8, 4) is 0 Å². The Balaban J connectivity index is 1.66. The van der Waals surface area contributed by atoms with E-state index in [4.69, 9.17) is 5.73 Å². The molecule has 0 spiro atoms. The van der Waals surface area contributed by atoms with E-state index in [-0.39, 0.29) is 11.9 Å². The highest BCUT2D eigenvalue weighted by molar-refractivity contribution is 5.76. The zero-order valence-corrected chi connectivity index (χ0v) is 10.2. The van der Waals surface area contributed by atoms with Crippen molar-refractivity contribution in [1.29, 1.82) is 0 Å². The zero-order chi connectivity index (χ0) is 11.5. The molecule has 3 heteroatoms. The Morgan fingerprint density at radius 3 is 2.81 bits per heavy atom. The van der Waals surface area contributed by atoms with Crippen molar-refractivity contribution in [2.75, 3.05) is 6.54 Å². The van der Waals surface area contributed by atoms with Gasteiger partial charge in [-0.05, 0) is 43.4 Å². The van der Waals surface area contributed by atoms with E-state index >= 15 is 0 Å². The molecule has 0 aromatic rings. The highest BCUT2D eigenvalue weighted by atomic mass is 16.1. The second kappa shape index (κ2) is 5.17. The largest absolute Gasteiger partial charge is 0.356 e. The molecule has 92 valence electrons. The molecule has 0 aliphatic heterocycles. The second-order valence-electron chi connectivity index (χ2n) is 5.61. The van der Waals surface area contributed by atoms with Gasteiger partial charge in [0.2, 0.25) is 5.91 Å². The standard InChI is InChI=1S/C13H24N2O/c1-2-12(14)7-13(16)15-8-11-6-9-3-4-10(11)5-9/h9-12H,2-8,14H2,1H3,(H,15,16). The number of nitrogens with two attached hydrogens (primary N) is 1. The number of rotatable bonds is 5. The van der Waals surface area contributed by atoms with Crippen LogP contribution in [0.4, 0.5) is 0 Å². The summed E-state index contributed by atoms with van der Waals surface area (Å²) in [6.07, 6.45) is 6.92. The Morgan fingerprint density at radius 1 is 1.44 bits per heavy atom. The van der Waals surface area contributed by atoms with Crippen LogP contribution >= 0.6 is 0 Å². The van der Waals surface area contributed by atoms with Gasteiger partial charge in [0.1, 0.15) is 0 Å². The minimum absolute atomic E-state index is 0.0278. The van der Waals surface area contributed by atoms with Crippen LogP contribution < -0.4 is 11.1 Å². The lowest BCUT2D eigenvalue weighted by Crippen LogP contribution is -2.35. The predicted molar refractivity (Wildman–Crippen MR) is 64.8 cm³/mol. The first-order valence-electron chi connectivity index (χ1n) is 6.71. The molecule has 0 aromatic heterocycles. The average Bonchev–Trinajstić information content (AvgIpc) is 2.87. The first-order valence-corrected chi connectivity index (χ1v) is 6.71. The molecule has 2 aliphatic rings. The molecule has 2 fully saturated rings. The van der Waals surface area contributed by atoms with Crippen molar-refractivity contribution in [2.45, 2.75) is 51.5 Å². The summed E-state index contributed by atoms with van der Waals surface area (Å²) in [5.41, 5.74) is 5.76. The van der Waals surface area contributed by atoms with E-state index in [1.165, 1.54) is 25.7 Å². The summed E-state index contributed by atoms with van der Waals surface area (Å²) in [5.74, 6) is 2.74. The van der Waals surface area contributed by atoms with Crippen LogP contribution in [-0.2, 0) is 4.79 Å². The zero-order valence-electron chi connectivity index (χ0n) is 10.2. The van der Waals surface area contributed by atoms with Gasteiger partial charge in [0.15, 0.2) is 0 Å². The van der Waals surface area contributed by atoms with Gasteiger partial charge in [-0.25, -0.2) is 0 Å². The Bertz CT molecular complexity index is 254. The highest BCUT2D eigenvalue weighted by Gasteiger charge is 2.39. The fourth-order valence-corrected chi connectivity index (χ4v) is 3.33. The third-order valence-electron chi connectivity index (χ3n) is 4.42. The minimum Gasteiger partial charge on any atom is -0.356 e. The van der Waals surface area contributed by atoms with Crippen molar-refractivity contribution in [2.24, 2.45) is 23.5 Å². The third kappa shape index (κ3) is 2.76. The second-order valence-corrected chi connectivity index (χ2v) is 5.61. The van der Waals surface area contributed by atoms with E-state index in [0.717, 1.165) is 30.7 Å². The molecular formula is C13H24N2O. The van der Waals surface area contributed by atoms with Crippen LogP contribution in [0.25, 0.3) is 0 Å². The monoisotopic (exact) mass is 224 g/mol. The first-order chi connectivity index (χ1) is 7.69. The fraction of sp³-hybridized carbons (Fsp3) is 0.923. The fourth-order valence-electron chi connectivity index (χ4n) is 3.33. The molecule has 3 N–H and O–H groups in total. The number of hydrogen-bond acceptors (Lipinski definition) is 2. The van der Waals surface area contributed by atoms with Gasteiger partial charge in [0.05, 0.1) is 0 Å². The van der Waals surface area contributed by atoms with E-state index in [0.29, 0.717) is 6.42 Å². The summed E-state index contributed by atoms with van der Waals surface area (Å²) in [4.78, 5) is 11.6. The summed E-state index contributed by atoms with van der Waals surface area (Å²) < 4.78 is 0.